The smallest absolute Gasteiger partial charge is 0.311 e. The van der Waals surface area contributed by atoms with Crippen LogP contribution in [0.25, 0.3) is 10.8 Å². The molecule has 0 atom stereocenters. The summed E-state index contributed by atoms with van der Waals surface area (Å²) in [5.74, 6) is 2.12. The summed E-state index contributed by atoms with van der Waals surface area (Å²) in [5.41, 5.74) is 0.445. The van der Waals surface area contributed by atoms with E-state index in [4.69, 9.17) is 9.47 Å². The van der Waals surface area contributed by atoms with E-state index in [1.807, 2.05) is 13.8 Å². The van der Waals surface area contributed by atoms with Crippen LogP contribution in [-0.2, 0) is 19.9 Å². The van der Waals surface area contributed by atoms with Crippen molar-refractivity contribution >= 4 is 32.7 Å². The van der Waals surface area contributed by atoms with Gasteiger partial charge in [-0.25, -0.2) is 0 Å². The molecule has 4 aliphatic carbocycles. The van der Waals surface area contributed by atoms with E-state index in [-0.39, 0.29) is 23.8 Å². The molecule has 0 saturated heterocycles. The minimum atomic E-state index is -0.391. The third-order valence-corrected chi connectivity index (χ3v) is 9.53. The fourth-order valence-electron chi connectivity index (χ4n) is 6.67. The first-order valence-electron chi connectivity index (χ1n) is 12.7. The van der Waals surface area contributed by atoms with Crippen molar-refractivity contribution in [2.75, 3.05) is 0 Å². The zero-order chi connectivity index (χ0) is 23.5. The normalized spacial score (nSPS) is 31.2. The Hall–Kier alpha value is -1.39. The first-order valence-corrected chi connectivity index (χ1v) is 13.5. The summed E-state index contributed by atoms with van der Waals surface area (Å²) in [6, 6.07) is 13.0. The Morgan fingerprint density at radius 2 is 1.42 bits per heavy atom. The van der Waals surface area contributed by atoms with Crippen molar-refractivity contribution in [2.24, 2.45) is 29.1 Å². The molecule has 2 aromatic carbocycles. The van der Waals surface area contributed by atoms with Crippen LogP contribution in [0.2, 0.25) is 0 Å². The zero-order valence-electron chi connectivity index (χ0n) is 20.6. The van der Waals surface area contributed by atoms with Crippen LogP contribution in [0.5, 0.6) is 0 Å². The van der Waals surface area contributed by atoms with Crippen LogP contribution in [0.15, 0.2) is 40.9 Å². The van der Waals surface area contributed by atoms with Gasteiger partial charge in [0.15, 0.2) is 0 Å². The van der Waals surface area contributed by atoms with Crippen LogP contribution in [0, 0.1) is 29.1 Å². The van der Waals surface area contributed by atoms with Gasteiger partial charge in [0.25, 0.3) is 0 Å². The van der Waals surface area contributed by atoms with Crippen molar-refractivity contribution in [3.8, 4) is 0 Å². The molecule has 0 heterocycles. The number of rotatable bonds is 6. The first kappa shape index (κ1) is 23.4. The lowest BCUT2D eigenvalue weighted by atomic mass is 9.53. The van der Waals surface area contributed by atoms with Crippen molar-refractivity contribution in [3.05, 3.63) is 46.4 Å². The fraction of sp³-hybridized carbons (Fsp3) is 0.621. The Bertz CT molecular complexity index is 1030. The lowest BCUT2D eigenvalue weighted by Gasteiger charge is -2.58. The number of carbonyl (C=O) groups excluding carboxylic acids is 1. The van der Waals surface area contributed by atoms with Crippen LogP contribution in [0.1, 0.15) is 72.3 Å². The second kappa shape index (κ2) is 8.37. The molecule has 0 unspecified atom stereocenters. The summed E-state index contributed by atoms with van der Waals surface area (Å²) in [6.07, 6.45) is 5.70. The molecule has 0 spiro atoms. The number of hydrogen-bond acceptors (Lipinski definition) is 3. The van der Waals surface area contributed by atoms with Gasteiger partial charge in [-0.3, -0.25) is 4.79 Å². The highest BCUT2D eigenvalue weighted by atomic mass is 79.9. The number of esters is 1. The zero-order valence-corrected chi connectivity index (χ0v) is 22.2. The van der Waals surface area contributed by atoms with Gasteiger partial charge in [0, 0.05) is 4.47 Å². The Morgan fingerprint density at radius 1 is 0.909 bits per heavy atom. The number of halogens is 1. The van der Waals surface area contributed by atoms with E-state index in [9.17, 15) is 4.79 Å². The molecular weight excluding hydrogens is 476 g/mol. The third-order valence-electron chi connectivity index (χ3n) is 8.87. The van der Waals surface area contributed by atoms with E-state index in [0.717, 1.165) is 36.6 Å². The molecule has 4 heteroatoms. The minimum absolute atomic E-state index is 0.0161. The molecule has 0 radical (unpaired) electrons. The lowest BCUT2D eigenvalue weighted by molar-refractivity contribution is -0.219. The van der Waals surface area contributed by atoms with Gasteiger partial charge in [0.05, 0.1) is 17.1 Å². The lowest BCUT2D eigenvalue weighted by Crippen LogP contribution is -2.58. The molecule has 6 rings (SSSR count). The molecule has 33 heavy (non-hydrogen) atoms. The molecule has 4 aliphatic rings. The third kappa shape index (κ3) is 4.16. The van der Waals surface area contributed by atoms with Gasteiger partial charge in [-0.2, -0.15) is 0 Å². The van der Waals surface area contributed by atoms with Crippen LogP contribution in [0.4, 0.5) is 0 Å². The van der Waals surface area contributed by atoms with Crippen molar-refractivity contribution in [3.63, 3.8) is 0 Å². The largest absolute Gasteiger partial charge is 0.461 e. The van der Waals surface area contributed by atoms with Gasteiger partial charge in [-0.1, -0.05) is 47.1 Å². The van der Waals surface area contributed by atoms with Crippen molar-refractivity contribution in [2.45, 2.75) is 84.5 Å². The molecule has 4 bridgehead atoms. The van der Waals surface area contributed by atoms with E-state index in [1.165, 1.54) is 16.3 Å². The summed E-state index contributed by atoms with van der Waals surface area (Å²) in [7, 11) is 0. The number of hydrogen-bond donors (Lipinski definition) is 0. The van der Waals surface area contributed by atoms with Gasteiger partial charge in [-0.05, 0) is 112 Å². The Morgan fingerprint density at radius 3 is 1.97 bits per heavy atom. The predicted octanol–water partition coefficient (Wildman–Crippen LogP) is 7.64. The van der Waals surface area contributed by atoms with Crippen LogP contribution in [0.3, 0.4) is 0 Å². The molecule has 4 saturated carbocycles. The maximum absolute atomic E-state index is 12.8. The summed E-state index contributed by atoms with van der Waals surface area (Å²) < 4.78 is 14.3. The molecular formula is C29H37BrO3. The predicted molar refractivity (Wildman–Crippen MR) is 136 cm³/mol. The van der Waals surface area contributed by atoms with Gasteiger partial charge in [0.1, 0.15) is 6.10 Å². The number of fused-ring (bicyclic) bond motifs is 1. The Balaban J connectivity index is 1.31. The Labute approximate surface area is 206 Å². The minimum Gasteiger partial charge on any atom is -0.461 e. The molecule has 2 aromatic rings. The monoisotopic (exact) mass is 512 g/mol. The number of benzene rings is 2. The van der Waals surface area contributed by atoms with Crippen molar-refractivity contribution in [1.29, 1.82) is 0 Å². The van der Waals surface area contributed by atoms with Gasteiger partial charge >= 0.3 is 5.97 Å². The number of ether oxygens (including phenoxy) is 2. The van der Waals surface area contributed by atoms with Gasteiger partial charge in [0.2, 0.25) is 0 Å². The quantitative estimate of drug-likeness (QED) is 0.373. The molecule has 4 fully saturated rings. The highest BCUT2D eigenvalue weighted by molar-refractivity contribution is 9.10. The van der Waals surface area contributed by atoms with E-state index in [1.54, 1.807) is 0 Å². The highest BCUT2D eigenvalue weighted by Crippen LogP contribution is 2.57. The van der Waals surface area contributed by atoms with Crippen LogP contribution >= 0.6 is 15.9 Å². The average Bonchev–Trinajstić information content (AvgIpc) is 2.76. The molecule has 0 aromatic heterocycles. The van der Waals surface area contributed by atoms with Crippen molar-refractivity contribution < 1.29 is 14.3 Å². The molecule has 178 valence electrons. The van der Waals surface area contributed by atoms with Gasteiger partial charge < -0.3 is 9.47 Å². The second-order valence-electron chi connectivity index (χ2n) is 11.9. The summed E-state index contributed by atoms with van der Waals surface area (Å²) in [5, 5.41) is 2.49. The second-order valence-corrected chi connectivity index (χ2v) is 12.7. The fourth-order valence-corrected chi connectivity index (χ4v) is 7.51. The van der Waals surface area contributed by atoms with E-state index < -0.39 is 5.41 Å². The van der Waals surface area contributed by atoms with Crippen LogP contribution in [-0.4, -0.2) is 18.2 Å². The van der Waals surface area contributed by atoms with Gasteiger partial charge in [-0.15, -0.1) is 0 Å². The molecule has 0 amide bonds. The van der Waals surface area contributed by atoms with E-state index in [0.29, 0.717) is 23.7 Å². The van der Waals surface area contributed by atoms with E-state index >= 15 is 0 Å². The topological polar surface area (TPSA) is 35.5 Å². The molecule has 3 nitrogen and oxygen atoms in total. The maximum Gasteiger partial charge on any atom is 0.311 e. The summed E-state index contributed by atoms with van der Waals surface area (Å²) in [6.45, 7) is 10.5. The maximum atomic E-state index is 12.8. The first-order chi connectivity index (χ1) is 15.6. The van der Waals surface area contributed by atoms with E-state index in [2.05, 4.69) is 73.1 Å². The standard InChI is InChI=1S/C29H37BrO3/c1-6-28(2,3)27(31)32-25-19-11-21-13-20(25)14-22(12-19)26(21)33-29(4,5)23-15-17-9-7-8-10-18(17)16-24(23)30/h7-10,15-16,19-22,25-26H,6,11-14H2,1-5H3. The molecule has 0 N–H and O–H groups in total. The highest BCUT2D eigenvalue weighted by Gasteiger charge is 2.56. The summed E-state index contributed by atoms with van der Waals surface area (Å²) >= 11 is 3.82. The Kier molecular flexibility index (Phi) is 5.93. The van der Waals surface area contributed by atoms with Crippen LogP contribution < -0.4 is 0 Å². The number of carbonyl (C=O) groups is 1. The average molecular weight is 514 g/mol. The SMILES string of the molecule is CCC(C)(C)C(=O)OC1C2CC3CC1CC(C2)C3OC(C)(C)c1cc2ccccc2cc1Br. The molecule has 0 aliphatic heterocycles. The summed E-state index contributed by atoms with van der Waals surface area (Å²) in [4.78, 5) is 12.8. The van der Waals surface area contributed by atoms with Crippen molar-refractivity contribution in [1.82, 2.24) is 0 Å².